The van der Waals surface area contributed by atoms with Crippen LogP contribution in [0.5, 0.6) is 0 Å². The summed E-state index contributed by atoms with van der Waals surface area (Å²) in [6.07, 6.45) is 3.48. The Morgan fingerprint density at radius 2 is 1.68 bits per heavy atom. The lowest BCUT2D eigenvalue weighted by Crippen LogP contribution is -2.41. The van der Waals surface area contributed by atoms with E-state index in [0.717, 1.165) is 27.7 Å². The van der Waals surface area contributed by atoms with Gasteiger partial charge >= 0.3 is 0 Å². The number of rotatable bonds is 4. The zero-order valence-electron chi connectivity index (χ0n) is 18.5. The monoisotopic (exact) mass is 489 g/mol. The van der Waals surface area contributed by atoms with Crippen molar-refractivity contribution in [2.75, 3.05) is 0 Å². The molecule has 5 aromatic rings. The fraction of sp³-hybridized carbons (Fsp3) is 0.115. The molecule has 2 aromatic carbocycles. The molecule has 0 aliphatic rings. The Morgan fingerprint density at radius 1 is 0.941 bits per heavy atom. The van der Waals surface area contributed by atoms with Gasteiger partial charge < -0.3 is 14.9 Å². The SMILES string of the molecule is Cn1cncc1[C@@](N)(c1ccc(Cl)cc1)c1ccc2c(c1)c(-c1cccc(Cl)n1)cc(=O)n2C. The summed E-state index contributed by atoms with van der Waals surface area (Å²) < 4.78 is 3.51. The molecule has 0 unspecified atom stereocenters. The Balaban J connectivity index is 1.84. The van der Waals surface area contributed by atoms with Crippen molar-refractivity contribution < 1.29 is 0 Å². The molecule has 34 heavy (non-hydrogen) atoms. The molecule has 0 fully saturated rings. The van der Waals surface area contributed by atoms with Gasteiger partial charge in [-0.15, -0.1) is 0 Å². The van der Waals surface area contributed by atoms with Crippen LogP contribution in [0.25, 0.3) is 22.2 Å². The Kier molecular flexibility index (Phi) is 5.52. The molecule has 8 heteroatoms. The number of aromatic nitrogens is 4. The lowest BCUT2D eigenvalue weighted by Gasteiger charge is -2.31. The van der Waals surface area contributed by atoms with Crippen molar-refractivity contribution in [1.29, 1.82) is 0 Å². The fourth-order valence-electron chi connectivity index (χ4n) is 4.39. The van der Waals surface area contributed by atoms with Crippen LogP contribution in [0.15, 0.2) is 84.0 Å². The van der Waals surface area contributed by atoms with Gasteiger partial charge in [-0.3, -0.25) is 4.79 Å². The number of hydrogen-bond donors (Lipinski definition) is 1. The van der Waals surface area contributed by atoms with Crippen molar-refractivity contribution in [3.8, 4) is 11.3 Å². The van der Waals surface area contributed by atoms with Crippen molar-refractivity contribution >= 4 is 34.1 Å². The number of halogens is 2. The van der Waals surface area contributed by atoms with Gasteiger partial charge in [-0.1, -0.05) is 47.5 Å². The first-order valence-corrected chi connectivity index (χ1v) is 11.3. The molecule has 0 spiro atoms. The van der Waals surface area contributed by atoms with Crippen molar-refractivity contribution in [2.45, 2.75) is 5.54 Å². The third-order valence-electron chi connectivity index (χ3n) is 6.21. The van der Waals surface area contributed by atoms with Gasteiger partial charge in [-0.05, 0) is 47.5 Å². The number of nitrogens with zero attached hydrogens (tertiary/aromatic N) is 4. The lowest BCUT2D eigenvalue weighted by atomic mass is 9.80. The van der Waals surface area contributed by atoms with E-state index < -0.39 is 5.54 Å². The summed E-state index contributed by atoms with van der Waals surface area (Å²) in [5, 5.41) is 1.81. The highest BCUT2D eigenvalue weighted by Crippen LogP contribution is 2.37. The Hall–Kier alpha value is -3.45. The maximum absolute atomic E-state index is 12.7. The van der Waals surface area contributed by atoms with E-state index in [1.165, 1.54) is 0 Å². The summed E-state index contributed by atoms with van der Waals surface area (Å²) in [4.78, 5) is 21.5. The summed E-state index contributed by atoms with van der Waals surface area (Å²) in [6, 6.07) is 20.3. The second-order valence-corrected chi connectivity index (χ2v) is 9.06. The lowest BCUT2D eigenvalue weighted by molar-refractivity contribution is 0.596. The summed E-state index contributed by atoms with van der Waals surface area (Å²) in [5.74, 6) is 0. The van der Waals surface area contributed by atoms with Crippen LogP contribution in [-0.4, -0.2) is 19.1 Å². The molecule has 0 aliphatic carbocycles. The van der Waals surface area contributed by atoms with Crippen LogP contribution in [0.3, 0.4) is 0 Å². The number of fused-ring (bicyclic) bond motifs is 1. The number of hydrogen-bond acceptors (Lipinski definition) is 4. The number of pyridine rings is 2. The first kappa shape index (κ1) is 22.3. The van der Waals surface area contributed by atoms with Gasteiger partial charge in [-0.2, -0.15) is 0 Å². The van der Waals surface area contributed by atoms with E-state index in [1.54, 1.807) is 36.3 Å². The van der Waals surface area contributed by atoms with E-state index in [1.807, 2.05) is 66.2 Å². The molecule has 0 radical (unpaired) electrons. The molecule has 0 bridgehead atoms. The Bertz CT molecular complexity index is 1590. The topological polar surface area (TPSA) is 78.7 Å². The van der Waals surface area contributed by atoms with E-state index in [4.69, 9.17) is 28.9 Å². The average molecular weight is 490 g/mol. The molecule has 5 rings (SSSR count). The normalized spacial score (nSPS) is 13.2. The van der Waals surface area contributed by atoms with Crippen LogP contribution in [0.1, 0.15) is 16.8 Å². The number of aryl methyl sites for hydroxylation is 2. The quantitative estimate of drug-likeness (QED) is 0.364. The highest BCUT2D eigenvalue weighted by molar-refractivity contribution is 6.30. The minimum absolute atomic E-state index is 0.139. The molecular weight excluding hydrogens is 469 g/mol. The third-order valence-corrected chi connectivity index (χ3v) is 6.68. The van der Waals surface area contributed by atoms with Gasteiger partial charge in [0.1, 0.15) is 10.7 Å². The van der Waals surface area contributed by atoms with E-state index in [2.05, 4.69) is 9.97 Å². The van der Waals surface area contributed by atoms with Gasteiger partial charge in [0, 0.05) is 36.1 Å². The average Bonchev–Trinajstić information content (AvgIpc) is 3.27. The molecule has 6 nitrogen and oxygen atoms in total. The zero-order valence-corrected chi connectivity index (χ0v) is 20.0. The van der Waals surface area contributed by atoms with Gasteiger partial charge in [0.15, 0.2) is 0 Å². The molecule has 0 saturated heterocycles. The second kappa shape index (κ2) is 8.40. The first-order valence-electron chi connectivity index (χ1n) is 10.6. The summed E-state index contributed by atoms with van der Waals surface area (Å²) >= 11 is 12.3. The van der Waals surface area contributed by atoms with Crippen molar-refractivity contribution in [3.63, 3.8) is 0 Å². The highest BCUT2D eigenvalue weighted by Gasteiger charge is 2.35. The van der Waals surface area contributed by atoms with Crippen LogP contribution in [0.4, 0.5) is 0 Å². The zero-order chi connectivity index (χ0) is 24.0. The van der Waals surface area contributed by atoms with Crippen LogP contribution in [0.2, 0.25) is 10.2 Å². The van der Waals surface area contributed by atoms with Gasteiger partial charge in [0.05, 0.1) is 29.4 Å². The van der Waals surface area contributed by atoms with Crippen LogP contribution >= 0.6 is 23.2 Å². The molecule has 3 aromatic heterocycles. The summed E-state index contributed by atoms with van der Waals surface area (Å²) in [7, 11) is 3.65. The molecular formula is C26H21Cl2N5O. The number of nitrogens with two attached hydrogens (primary N) is 1. The Morgan fingerprint density at radius 3 is 2.35 bits per heavy atom. The minimum atomic E-state index is -1.03. The summed E-state index contributed by atoms with van der Waals surface area (Å²) in [5.41, 5.74) is 10.6. The largest absolute Gasteiger partial charge is 0.336 e. The van der Waals surface area contributed by atoms with Gasteiger partial charge in [0.2, 0.25) is 0 Å². The maximum Gasteiger partial charge on any atom is 0.251 e. The van der Waals surface area contributed by atoms with Crippen molar-refractivity contribution in [1.82, 2.24) is 19.1 Å². The summed E-state index contributed by atoms with van der Waals surface area (Å²) in [6.45, 7) is 0. The molecule has 0 amide bonds. The first-order chi connectivity index (χ1) is 16.3. The molecule has 1 atom stereocenters. The minimum Gasteiger partial charge on any atom is -0.336 e. The van der Waals surface area contributed by atoms with Crippen molar-refractivity contribution in [2.24, 2.45) is 19.8 Å². The van der Waals surface area contributed by atoms with Crippen LogP contribution in [0, 0.1) is 0 Å². The number of imidazole rings is 1. The van der Waals surface area contributed by atoms with E-state index in [0.29, 0.717) is 21.4 Å². The highest BCUT2D eigenvalue weighted by atomic mass is 35.5. The van der Waals surface area contributed by atoms with E-state index in [-0.39, 0.29) is 5.56 Å². The predicted octanol–water partition coefficient (Wildman–Crippen LogP) is 4.89. The smallest absolute Gasteiger partial charge is 0.251 e. The van der Waals surface area contributed by atoms with Gasteiger partial charge in [0.25, 0.3) is 5.56 Å². The standard InChI is InChI=1S/C26H21Cl2N5O/c1-32-15-30-14-23(32)26(29,16-6-9-18(27)10-7-16)17-8-11-22-20(12-17)19(13-25(34)33(22)2)21-4-3-5-24(28)31-21/h3-15H,29H2,1-2H3/t26-/m1/s1. The van der Waals surface area contributed by atoms with Crippen molar-refractivity contribution in [3.05, 3.63) is 117 Å². The maximum atomic E-state index is 12.7. The fourth-order valence-corrected chi connectivity index (χ4v) is 4.68. The molecule has 3 heterocycles. The predicted molar refractivity (Wildman–Crippen MR) is 136 cm³/mol. The van der Waals surface area contributed by atoms with E-state index >= 15 is 0 Å². The van der Waals surface area contributed by atoms with Crippen LogP contribution < -0.4 is 11.3 Å². The second-order valence-electron chi connectivity index (χ2n) is 8.24. The van der Waals surface area contributed by atoms with Crippen LogP contribution in [-0.2, 0) is 19.6 Å². The molecule has 170 valence electrons. The van der Waals surface area contributed by atoms with E-state index in [9.17, 15) is 4.79 Å². The third kappa shape index (κ3) is 3.60. The molecule has 2 N–H and O–H groups in total. The number of benzene rings is 2. The molecule has 0 aliphatic heterocycles. The Labute approximate surface area is 206 Å². The molecule has 0 saturated carbocycles. The van der Waals surface area contributed by atoms with Gasteiger partial charge in [-0.25, -0.2) is 9.97 Å².